The van der Waals surface area contributed by atoms with E-state index in [-0.39, 0.29) is 6.04 Å². The van der Waals surface area contributed by atoms with Crippen LogP contribution in [0.25, 0.3) is 0 Å². The van der Waals surface area contributed by atoms with Gasteiger partial charge in [-0.1, -0.05) is 12.1 Å². The monoisotopic (exact) mass is 268 g/mol. The van der Waals surface area contributed by atoms with E-state index < -0.39 is 0 Å². The van der Waals surface area contributed by atoms with E-state index in [0.29, 0.717) is 6.54 Å². The molecule has 1 aliphatic heterocycles. The maximum absolute atomic E-state index is 6.03. The molecule has 1 atom stereocenters. The van der Waals surface area contributed by atoms with Crippen LogP contribution in [-0.4, -0.2) is 25.6 Å². The number of pyridine rings is 1. The van der Waals surface area contributed by atoms with Gasteiger partial charge in [-0.15, -0.1) is 0 Å². The Labute approximate surface area is 119 Å². The second-order valence-electron chi connectivity index (χ2n) is 5.33. The fourth-order valence-corrected chi connectivity index (χ4v) is 2.99. The zero-order chi connectivity index (χ0) is 14.1. The van der Waals surface area contributed by atoms with Crippen LogP contribution in [0.4, 0.5) is 11.4 Å². The van der Waals surface area contributed by atoms with Gasteiger partial charge in [-0.25, -0.2) is 0 Å². The number of nitrogens with two attached hydrogens (primary N) is 1. The highest BCUT2D eigenvalue weighted by atomic mass is 15.2. The highest BCUT2D eigenvalue weighted by Gasteiger charge is 2.31. The molecule has 2 N–H and O–H groups in total. The molecule has 1 aliphatic rings. The van der Waals surface area contributed by atoms with Crippen molar-refractivity contribution in [2.24, 2.45) is 5.73 Å². The SMILES string of the molecule is CN(C)c1cccc2c1CN(c1cccnc1)C2CN. The minimum absolute atomic E-state index is 0.231. The molecular formula is C16H20N4. The Hall–Kier alpha value is -2.07. The molecule has 4 nitrogen and oxygen atoms in total. The normalized spacial score (nSPS) is 17.1. The van der Waals surface area contributed by atoms with E-state index in [1.165, 1.54) is 16.8 Å². The summed E-state index contributed by atoms with van der Waals surface area (Å²) < 4.78 is 0. The summed E-state index contributed by atoms with van der Waals surface area (Å²) in [5, 5.41) is 0. The van der Waals surface area contributed by atoms with Crippen molar-refractivity contribution in [1.82, 2.24) is 4.98 Å². The maximum Gasteiger partial charge on any atom is 0.0673 e. The largest absolute Gasteiger partial charge is 0.377 e. The van der Waals surface area contributed by atoms with Crippen LogP contribution in [0.3, 0.4) is 0 Å². The molecule has 0 spiro atoms. The first-order chi connectivity index (χ1) is 9.72. The molecule has 0 fully saturated rings. The number of nitrogens with zero attached hydrogens (tertiary/aromatic N) is 3. The van der Waals surface area contributed by atoms with E-state index in [9.17, 15) is 0 Å². The first kappa shape index (κ1) is 12.9. The molecule has 0 saturated carbocycles. The van der Waals surface area contributed by atoms with Crippen LogP contribution < -0.4 is 15.5 Å². The molecule has 1 aromatic carbocycles. The second kappa shape index (κ2) is 5.13. The van der Waals surface area contributed by atoms with Crippen LogP contribution in [0.2, 0.25) is 0 Å². The third kappa shape index (κ3) is 2.02. The van der Waals surface area contributed by atoms with Crippen molar-refractivity contribution in [3.8, 4) is 0 Å². The summed E-state index contributed by atoms with van der Waals surface area (Å²) in [4.78, 5) is 8.73. The van der Waals surface area contributed by atoms with Gasteiger partial charge in [0.1, 0.15) is 0 Å². The summed E-state index contributed by atoms with van der Waals surface area (Å²) in [5.74, 6) is 0. The molecule has 0 amide bonds. The van der Waals surface area contributed by atoms with Crippen molar-refractivity contribution in [3.63, 3.8) is 0 Å². The Morgan fingerprint density at radius 2 is 2.15 bits per heavy atom. The van der Waals surface area contributed by atoms with Crippen molar-refractivity contribution in [2.45, 2.75) is 12.6 Å². The summed E-state index contributed by atoms with van der Waals surface area (Å²) in [6.07, 6.45) is 3.71. The van der Waals surface area contributed by atoms with Crippen LogP contribution in [0.5, 0.6) is 0 Å². The van der Waals surface area contributed by atoms with Gasteiger partial charge >= 0.3 is 0 Å². The molecule has 20 heavy (non-hydrogen) atoms. The van der Waals surface area contributed by atoms with Crippen molar-refractivity contribution in [2.75, 3.05) is 30.4 Å². The Morgan fingerprint density at radius 1 is 1.30 bits per heavy atom. The first-order valence-electron chi connectivity index (χ1n) is 6.88. The van der Waals surface area contributed by atoms with Crippen LogP contribution >= 0.6 is 0 Å². The standard InChI is InChI=1S/C16H20N4/c1-19(2)15-7-3-6-13-14(15)11-20(16(13)9-17)12-5-4-8-18-10-12/h3-8,10,16H,9,11,17H2,1-2H3. The minimum atomic E-state index is 0.231. The van der Waals surface area contributed by atoms with Gasteiger partial charge in [0.15, 0.2) is 0 Å². The van der Waals surface area contributed by atoms with Crippen LogP contribution in [0, 0.1) is 0 Å². The highest BCUT2D eigenvalue weighted by molar-refractivity contribution is 5.64. The van der Waals surface area contributed by atoms with E-state index in [4.69, 9.17) is 5.73 Å². The average molecular weight is 268 g/mol. The van der Waals surface area contributed by atoms with E-state index in [1.807, 2.05) is 12.3 Å². The number of anilines is 2. The quantitative estimate of drug-likeness (QED) is 0.926. The lowest BCUT2D eigenvalue weighted by Gasteiger charge is -2.25. The molecule has 2 heterocycles. The summed E-state index contributed by atoms with van der Waals surface area (Å²) in [5.41, 5.74) is 11.1. The lowest BCUT2D eigenvalue weighted by molar-refractivity contribution is 0.678. The van der Waals surface area contributed by atoms with E-state index in [2.05, 4.69) is 53.1 Å². The summed E-state index contributed by atoms with van der Waals surface area (Å²) in [6, 6.07) is 10.8. The Kier molecular flexibility index (Phi) is 3.32. The molecule has 4 heteroatoms. The van der Waals surface area contributed by atoms with Gasteiger partial charge in [0.25, 0.3) is 0 Å². The first-order valence-corrected chi connectivity index (χ1v) is 6.88. The molecule has 3 rings (SSSR count). The number of hydrogen-bond donors (Lipinski definition) is 1. The zero-order valence-corrected chi connectivity index (χ0v) is 12.0. The molecule has 2 aromatic rings. The van der Waals surface area contributed by atoms with E-state index in [1.54, 1.807) is 6.20 Å². The third-order valence-corrected chi connectivity index (χ3v) is 3.93. The van der Waals surface area contributed by atoms with E-state index in [0.717, 1.165) is 12.2 Å². The van der Waals surface area contributed by atoms with Gasteiger partial charge in [-0.3, -0.25) is 4.98 Å². The second-order valence-corrected chi connectivity index (χ2v) is 5.33. The molecule has 0 bridgehead atoms. The van der Waals surface area contributed by atoms with Crippen molar-refractivity contribution in [1.29, 1.82) is 0 Å². The number of rotatable bonds is 3. The summed E-state index contributed by atoms with van der Waals surface area (Å²) in [6.45, 7) is 1.50. The smallest absolute Gasteiger partial charge is 0.0673 e. The van der Waals surface area contributed by atoms with Gasteiger partial charge in [-0.05, 0) is 23.8 Å². The predicted molar refractivity (Wildman–Crippen MR) is 83.0 cm³/mol. The van der Waals surface area contributed by atoms with Crippen LogP contribution in [0.1, 0.15) is 17.2 Å². The molecule has 1 aromatic heterocycles. The molecule has 0 radical (unpaired) electrons. The Morgan fingerprint density at radius 3 is 2.80 bits per heavy atom. The maximum atomic E-state index is 6.03. The topological polar surface area (TPSA) is 45.4 Å². The van der Waals surface area contributed by atoms with Gasteiger partial charge in [-0.2, -0.15) is 0 Å². The fourth-order valence-electron chi connectivity index (χ4n) is 2.99. The average Bonchev–Trinajstić information content (AvgIpc) is 2.86. The lowest BCUT2D eigenvalue weighted by Crippen LogP contribution is -2.27. The lowest BCUT2D eigenvalue weighted by atomic mass is 10.0. The van der Waals surface area contributed by atoms with Gasteiger partial charge in [0.05, 0.1) is 17.9 Å². The molecular weight excluding hydrogens is 248 g/mol. The van der Waals surface area contributed by atoms with Gasteiger partial charge in [0.2, 0.25) is 0 Å². The molecule has 0 saturated heterocycles. The number of fused-ring (bicyclic) bond motifs is 1. The summed E-state index contributed by atoms with van der Waals surface area (Å²) in [7, 11) is 4.17. The molecule has 1 unspecified atom stereocenters. The fraction of sp³-hybridized carbons (Fsp3) is 0.312. The number of aromatic nitrogens is 1. The third-order valence-electron chi connectivity index (χ3n) is 3.93. The van der Waals surface area contributed by atoms with E-state index >= 15 is 0 Å². The van der Waals surface area contributed by atoms with Crippen LogP contribution in [0.15, 0.2) is 42.7 Å². The van der Waals surface area contributed by atoms with Crippen molar-refractivity contribution >= 4 is 11.4 Å². The number of benzene rings is 1. The van der Waals surface area contributed by atoms with Crippen LogP contribution in [-0.2, 0) is 6.54 Å². The van der Waals surface area contributed by atoms with Crippen molar-refractivity contribution < 1.29 is 0 Å². The Bertz CT molecular complexity index is 595. The molecule has 0 aliphatic carbocycles. The summed E-state index contributed by atoms with van der Waals surface area (Å²) >= 11 is 0. The van der Waals surface area contributed by atoms with Gasteiger partial charge < -0.3 is 15.5 Å². The Balaban J connectivity index is 2.05. The van der Waals surface area contributed by atoms with Crippen molar-refractivity contribution in [3.05, 3.63) is 53.9 Å². The minimum Gasteiger partial charge on any atom is -0.377 e. The van der Waals surface area contributed by atoms with Gasteiger partial charge in [0, 0.05) is 44.6 Å². The predicted octanol–water partition coefficient (Wildman–Crippen LogP) is 2.17. The zero-order valence-electron chi connectivity index (χ0n) is 12.0. The highest BCUT2D eigenvalue weighted by Crippen LogP contribution is 2.40. The number of hydrogen-bond acceptors (Lipinski definition) is 4. The molecule has 104 valence electrons.